The molecule has 128 valence electrons. The third-order valence-corrected chi connectivity index (χ3v) is 3.99. The van der Waals surface area contributed by atoms with Crippen LogP contribution in [0.3, 0.4) is 0 Å². The minimum absolute atomic E-state index is 0.358. The Balaban J connectivity index is 2.60. The molecule has 0 heterocycles. The molecule has 4 nitrogen and oxygen atoms in total. The number of fused-ring (bicyclic) bond motifs is 1. The minimum atomic E-state index is -0.359. The molecule has 0 bridgehead atoms. The van der Waals surface area contributed by atoms with E-state index in [9.17, 15) is 9.59 Å². The number of ether oxygens (including phenoxy) is 2. The van der Waals surface area contributed by atoms with Crippen molar-refractivity contribution in [2.45, 2.75) is 53.4 Å². The first-order chi connectivity index (χ1) is 11.4. The fourth-order valence-electron chi connectivity index (χ4n) is 2.84. The second-order valence-electron chi connectivity index (χ2n) is 6.23. The van der Waals surface area contributed by atoms with E-state index >= 15 is 0 Å². The highest BCUT2D eigenvalue weighted by molar-refractivity contribution is 5.72. The summed E-state index contributed by atoms with van der Waals surface area (Å²) in [6.45, 7) is 6.95. The zero-order chi connectivity index (χ0) is 17.7. The largest absolute Gasteiger partial charge is 0.426 e. The average Bonchev–Trinajstić information content (AvgIpc) is 2.47. The Hall–Kier alpha value is -2.36. The lowest BCUT2D eigenvalue weighted by molar-refractivity contribution is -0.133. The molecule has 0 saturated heterocycles. The Morgan fingerprint density at radius 3 is 2.04 bits per heavy atom. The zero-order valence-corrected chi connectivity index (χ0v) is 14.8. The summed E-state index contributed by atoms with van der Waals surface area (Å²) in [6, 6.07) is 3.40. The van der Waals surface area contributed by atoms with E-state index in [-0.39, 0.29) is 11.9 Å². The van der Waals surface area contributed by atoms with Gasteiger partial charge in [-0.25, -0.2) is 0 Å². The van der Waals surface area contributed by atoms with Crippen molar-refractivity contribution in [3.63, 3.8) is 0 Å². The van der Waals surface area contributed by atoms with E-state index in [1.54, 1.807) is 12.1 Å². The van der Waals surface area contributed by atoms with Gasteiger partial charge in [0, 0.05) is 25.0 Å². The summed E-state index contributed by atoms with van der Waals surface area (Å²) < 4.78 is 10.8. The van der Waals surface area contributed by atoms with Crippen LogP contribution in [0.2, 0.25) is 0 Å². The van der Waals surface area contributed by atoms with Crippen LogP contribution in [0.1, 0.15) is 51.7 Å². The highest BCUT2D eigenvalue weighted by Gasteiger charge is 2.18. The molecule has 0 spiro atoms. The van der Waals surface area contributed by atoms with Crippen LogP contribution in [0.5, 0.6) is 11.5 Å². The number of esters is 2. The van der Waals surface area contributed by atoms with Crippen molar-refractivity contribution < 1.29 is 19.1 Å². The van der Waals surface area contributed by atoms with Crippen molar-refractivity contribution >= 4 is 11.9 Å². The van der Waals surface area contributed by atoms with E-state index in [0.29, 0.717) is 24.3 Å². The third-order valence-electron chi connectivity index (χ3n) is 3.99. The lowest BCUT2D eigenvalue weighted by Gasteiger charge is -2.18. The number of carbonyl (C=O) groups is 2. The van der Waals surface area contributed by atoms with Crippen molar-refractivity contribution in [3.05, 3.63) is 46.6 Å². The Morgan fingerprint density at radius 1 is 0.875 bits per heavy atom. The van der Waals surface area contributed by atoms with E-state index in [1.165, 1.54) is 25.0 Å². The summed E-state index contributed by atoms with van der Waals surface area (Å²) in [5.41, 5.74) is 4.31. The van der Waals surface area contributed by atoms with Crippen molar-refractivity contribution in [2.24, 2.45) is 0 Å². The minimum Gasteiger partial charge on any atom is -0.426 e. The van der Waals surface area contributed by atoms with Gasteiger partial charge in [0.25, 0.3) is 0 Å². The molecular weight excluding hydrogens is 304 g/mol. The van der Waals surface area contributed by atoms with Crippen LogP contribution < -0.4 is 9.47 Å². The lowest BCUT2D eigenvalue weighted by Crippen LogP contribution is -2.10. The molecule has 2 rings (SSSR count). The summed E-state index contributed by atoms with van der Waals surface area (Å²) in [5.74, 6) is 0.351. The third kappa shape index (κ3) is 4.82. The molecule has 1 aromatic carbocycles. The van der Waals surface area contributed by atoms with Crippen molar-refractivity contribution in [2.75, 3.05) is 0 Å². The van der Waals surface area contributed by atoms with Crippen LogP contribution in [0.4, 0.5) is 0 Å². The van der Waals surface area contributed by atoms with Crippen LogP contribution in [-0.4, -0.2) is 11.9 Å². The maximum Gasteiger partial charge on any atom is 0.308 e. The number of hydrogen-bond donors (Lipinski definition) is 0. The molecule has 0 atom stereocenters. The molecule has 0 aromatic heterocycles. The van der Waals surface area contributed by atoms with Crippen LogP contribution in [-0.2, 0) is 22.4 Å². The molecule has 1 aromatic rings. The van der Waals surface area contributed by atoms with Gasteiger partial charge >= 0.3 is 11.9 Å². The van der Waals surface area contributed by atoms with Crippen LogP contribution in [0.15, 0.2) is 35.4 Å². The molecular formula is C20H24O4. The predicted octanol–water partition coefficient (Wildman–Crippen LogP) is 4.31. The van der Waals surface area contributed by atoms with Gasteiger partial charge in [-0.05, 0) is 51.7 Å². The molecule has 1 aliphatic carbocycles. The number of carbonyl (C=O) groups excluding carboxylic acids is 2. The summed E-state index contributed by atoms with van der Waals surface area (Å²) >= 11 is 0. The molecule has 0 unspecified atom stereocenters. The van der Waals surface area contributed by atoms with Gasteiger partial charge in [0.05, 0.1) is 0 Å². The normalized spacial score (nSPS) is 19.2. The van der Waals surface area contributed by atoms with Crippen molar-refractivity contribution in [3.8, 4) is 11.5 Å². The highest BCUT2D eigenvalue weighted by Crippen LogP contribution is 2.34. The van der Waals surface area contributed by atoms with Gasteiger partial charge in [-0.3, -0.25) is 9.59 Å². The molecule has 0 aliphatic heterocycles. The van der Waals surface area contributed by atoms with Gasteiger partial charge in [-0.15, -0.1) is 0 Å². The Bertz CT molecular complexity index is 711. The van der Waals surface area contributed by atoms with E-state index in [1.807, 2.05) is 0 Å². The van der Waals surface area contributed by atoms with E-state index in [0.717, 1.165) is 24.0 Å². The molecule has 24 heavy (non-hydrogen) atoms. The van der Waals surface area contributed by atoms with E-state index < -0.39 is 0 Å². The first-order valence-corrected chi connectivity index (χ1v) is 8.19. The first kappa shape index (κ1) is 18.0. The maximum absolute atomic E-state index is 11.4. The van der Waals surface area contributed by atoms with Crippen molar-refractivity contribution in [1.82, 2.24) is 0 Å². The first-order valence-electron chi connectivity index (χ1n) is 8.19. The maximum atomic E-state index is 11.4. The van der Waals surface area contributed by atoms with Gasteiger partial charge in [-0.1, -0.05) is 23.3 Å². The van der Waals surface area contributed by atoms with Gasteiger partial charge in [-0.2, -0.15) is 0 Å². The van der Waals surface area contributed by atoms with Gasteiger partial charge < -0.3 is 9.47 Å². The van der Waals surface area contributed by atoms with E-state index in [4.69, 9.17) is 9.47 Å². The Kier molecular flexibility index (Phi) is 5.96. The average molecular weight is 328 g/mol. The standard InChI is InChI=1S/C20H24O4/c1-13-6-5-7-14(2)12-18-17(9-8-13)19(23-15(3)21)10-11-20(18)24-16(4)22/h7-8,10-11H,5-6,9,12H2,1-4H3/b13-8+,14-7-. The van der Waals surface area contributed by atoms with Gasteiger partial charge in [0.2, 0.25) is 0 Å². The van der Waals surface area contributed by atoms with Crippen LogP contribution in [0.25, 0.3) is 0 Å². The highest BCUT2D eigenvalue weighted by atomic mass is 16.5. The summed E-state index contributed by atoms with van der Waals surface area (Å²) in [6.07, 6.45) is 7.68. The van der Waals surface area contributed by atoms with Gasteiger partial charge in [0.1, 0.15) is 11.5 Å². The predicted molar refractivity (Wildman–Crippen MR) is 93.2 cm³/mol. The zero-order valence-electron chi connectivity index (χ0n) is 14.8. The number of hydrogen-bond acceptors (Lipinski definition) is 4. The van der Waals surface area contributed by atoms with E-state index in [2.05, 4.69) is 26.0 Å². The fraction of sp³-hybridized carbons (Fsp3) is 0.400. The second-order valence-corrected chi connectivity index (χ2v) is 6.23. The number of allylic oxidation sites excluding steroid dienone is 4. The molecule has 0 N–H and O–H groups in total. The fourth-order valence-corrected chi connectivity index (χ4v) is 2.84. The monoisotopic (exact) mass is 328 g/mol. The van der Waals surface area contributed by atoms with Gasteiger partial charge in [0.15, 0.2) is 0 Å². The van der Waals surface area contributed by atoms with Crippen LogP contribution >= 0.6 is 0 Å². The summed E-state index contributed by atoms with van der Waals surface area (Å²) in [5, 5.41) is 0. The molecule has 0 fully saturated rings. The topological polar surface area (TPSA) is 52.6 Å². The van der Waals surface area contributed by atoms with Crippen molar-refractivity contribution in [1.29, 1.82) is 0 Å². The second kappa shape index (κ2) is 7.95. The Labute approximate surface area is 143 Å². The molecule has 1 aliphatic rings. The smallest absolute Gasteiger partial charge is 0.308 e. The summed E-state index contributed by atoms with van der Waals surface area (Å²) in [4.78, 5) is 22.9. The molecule has 0 saturated carbocycles. The summed E-state index contributed by atoms with van der Waals surface area (Å²) in [7, 11) is 0. The number of benzene rings is 1. The molecule has 0 amide bonds. The Morgan fingerprint density at radius 2 is 1.46 bits per heavy atom. The molecule has 0 radical (unpaired) electrons. The SMILES string of the molecule is CC(=O)Oc1ccc(OC(C)=O)c2c1C/C=C(\C)CC/C=C(/C)C2. The quantitative estimate of drug-likeness (QED) is 0.461. The van der Waals surface area contributed by atoms with Crippen LogP contribution in [0, 0.1) is 0 Å². The lowest BCUT2D eigenvalue weighted by atomic mass is 9.93. The number of rotatable bonds is 2. The molecule has 4 heteroatoms.